The molecule has 1 heterocycles. The van der Waals surface area contributed by atoms with Crippen LogP contribution in [0.25, 0.3) is 11.3 Å². The third-order valence-electron chi connectivity index (χ3n) is 3.72. The molecule has 0 unspecified atom stereocenters. The molecule has 3 rings (SSSR count). The standard InChI is InChI=1S/C19H14F3N3O2/c1-27-14-4-2-3-11(6-14)16-9-17(24-10-23-16)25-18(26)7-12-5-13(20)8-15(21)19(12)22/h2-6,8-10H,7H2,1H3,(H,23,24,25,26). The summed E-state index contributed by atoms with van der Waals surface area (Å²) in [7, 11) is 1.54. The zero-order chi connectivity index (χ0) is 19.4. The van der Waals surface area contributed by atoms with E-state index in [4.69, 9.17) is 4.74 Å². The van der Waals surface area contributed by atoms with Crippen molar-refractivity contribution in [3.05, 3.63) is 71.8 Å². The third kappa shape index (κ3) is 4.41. The summed E-state index contributed by atoms with van der Waals surface area (Å²) in [6, 6.07) is 9.85. The van der Waals surface area contributed by atoms with Crippen molar-refractivity contribution in [1.82, 2.24) is 9.97 Å². The molecule has 1 N–H and O–H groups in total. The topological polar surface area (TPSA) is 64.1 Å². The number of hydrogen-bond acceptors (Lipinski definition) is 4. The first-order valence-electron chi connectivity index (χ1n) is 7.86. The van der Waals surface area contributed by atoms with Gasteiger partial charge in [-0.05, 0) is 18.2 Å². The van der Waals surface area contributed by atoms with E-state index in [2.05, 4.69) is 15.3 Å². The van der Waals surface area contributed by atoms with Crippen molar-refractivity contribution in [1.29, 1.82) is 0 Å². The predicted molar refractivity (Wildman–Crippen MR) is 92.7 cm³/mol. The number of benzene rings is 2. The van der Waals surface area contributed by atoms with Crippen molar-refractivity contribution in [3.8, 4) is 17.0 Å². The largest absolute Gasteiger partial charge is 0.497 e. The van der Waals surface area contributed by atoms with E-state index < -0.39 is 29.8 Å². The Labute approximate surface area is 152 Å². The number of carbonyl (C=O) groups is 1. The SMILES string of the molecule is COc1cccc(-c2cc(NC(=O)Cc3cc(F)cc(F)c3F)ncn2)c1. The van der Waals surface area contributed by atoms with Crippen molar-refractivity contribution < 1.29 is 22.7 Å². The summed E-state index contributed by atoms with van der Waals surface area (Å²) in [6.45, 7) is 0. The van der Waals surface area contributed by atoms with Gasteiger partial charge in [-0.3, -0.25) is 4.79 Å². The zero-order valence-electron chi connectivity index (χ0n) is 14.2. The van der Waals surface area contributed by atoms with Crippen LogP contribution < -0.4 is 10.1 Å². The van der Waals surface area contributed by atoms with Crippen LogP contribution in [0.5, 0.6) is 5.75 Å². The minimum absolute atomic E-state index is 0.171. The number of nitrogens with one attached hydrogen (secondary N) is 1. The summed E-state index contributed by atoms with van der Waals surface area (Å²) in [4.78, 5) is 20.2. The number of nitrogens with zero attached hydrogens (tertiary/aromatic N) is 2. The highest BCUT2D eigenvalue weighted by Crippen LogP contribution is 2.23. The number of halogens is 3. The van der Waals surface area contributed by atoms with Gasteiger partial charge in [0.15, 0.2) is 11.6 Å². The maximum absolute atomic E-state index is 13.7. The van der Waals surface area contributed by atoms with Crippen LogP contribution in [-0.4, -0.2) is 23.0 Å². The first-order valence-corrected chi connectivity index (χ1v) is 7.86. The van der Waals surface area contributed by atoms with E-state index in [0.29, 0.717) is 17.5 Å². The number of ether oxygens (including phenoxy) is 1. The summed E-state index contributed by atoms with van der Waals surface area (Å²) in [6.07, 6.45) is 0.714. The zero-order valence-corrected chi connectivity index (χ0v) is 14.2. The van der Waals surface area contributed by atoms with Crippen LogP contribution in [0.1, 0.15) is 5.56 Å². The van der Waals surface area contributed by atoms with Gasteiger partial charge in [-0.2, -0.15) is 0 Å². The van der Waals surface area contributed by atoms with Crippen LogP contribution in [0.3, 0.4) is 0 Å². The molecule has 0 aliphatic rings. The minimum atomic E-state index is -1.35. The van der Waals surface area contributed by atoms with Gasteiger partial charge in [-0.25, -0.2) is 23.1 Å². The molecule has 0 saturated carbocycles. The van der Waals surface area contributed by atoms with Crippen LogP contribution in [-0.2, 0) is 11.2 Å². The number of anilines is 1. The fourth-order valence-electron chi connectivity index (χ4n) is 2.46. The Morgan fingerprint density at radius 2 is 1.93 bits per heavy atom. The Kier molecular flexibility index (Phi) is 5.35. The molecule has 1 amide bonds. The molecule has 0 bridgehead atoms. The van der Waals surface area contributed by atoms with Crippen LogP contribution in [0, 0.1) is 17.5 Å². The van der Waals surface area contributed by atoms with E-state index in [-0.39, 0.29) is 11.4 Å². The first-order chi connectivity index (χ1) is 13.0. The van der Waals surface area contributed by atoms with Crippen molar-refractivity contribution in [2.24, 2.45) is 0 Å². The Hall–Kier alpha value is -3.42. The lowest BCUT2D eigenvalue weighted by atomic mass is 10.1. The second-order valence-electron chi connectivity index (χ2n) is 5.61. The van der Waals surface area contributed by atoms with E-state index in [0.717, 1.165) is 11.6 Å². The molecular formula is C19H14F3N3O2. The monoisotopic (exact) mass is 373 g/mol. The molecule has 2 aromatic carbocycles. The van der Waals surface area contributed by atoms with Gasteiger partial charge in [-0.15, -0.1) is 0 Å². The fourth-order valence-corrected chi connectivity index (χ4v) is 2.46. The molecule has 27 heavy (non-hydrogen) atoms. The van der Waals surface area contributed by atoms with Crippen molar-refractivity contribution in [2.75, 3.05) is 12.4 Å². The van der Waals surface area contributed by atoms with Crippen molar-refractivity contribution in [3.63, 3.8) is 0 Å². The molecule has 0 fully saturated rings. The number of rotatable bonds is 5. The molecule has 3 aromatic rings. The highest BCUT2D eigenvalue weighted by atomic mass is 19.2. The van der Waals surface area contributed by atoms with Gasteiger partial charge in [0, 0.05) is 23.3 Å². The number of methoxy groups -OCH3 is 1. The highest BCUT2D eigenvalue weighted by Gasteiger charge is 2.15. The molecule has 0 atom stereocenters. The maximum Gasteiger partial charge on any atom is 0.230 e. The molecule has 0 saturated heterocycles. The Morgan fingerprint density at radius 1 is 1.11 bits per heavy atom. The molecule has 0 aliphatic carbocycles. The average Bonchev–Trinajstić information content (AvgIpc) is 2.66. The number of amides is 1. The molecule has 1 aromatic heterocycles. The fraction of sp³-hybridized carbons (Fsp3) is 0.105. The van der Waals surface area contributed by atoms with Gasteiger partial charge < -0.3 is 10.1 Å². The lowest BCUT2D eigenvalue weighted by Crippen LogP contribution is -2.16. The molecule has 8 heteroatoms. The molecule has 138 valence electrons. The number of carbonyl (C=O) groups excluding carboxylic acids is 1. The third-order valence-corrected chi connectivity index (χ3v) is 3.72. The average molecular weight is 373 g/mol. The second kappa shape index (κ2) is 7.86. The van der Waals surface area contributed by atoms with Gasteiger partial charge in [0.2, 0.25) is 5.91 Å². The Balaban J connectivity index is 1.77. The van der Waals surface area contributed by atoms with Gasteiger partial charge in [-0.1, -0.05) is 12.1 Å². The van der Waals surface area contributed by atoms with Crippen molar-refractivity contribution in [2.45, 2.75) is 6.42 Å². The maximum atomic E-state index is 13.7. The van der Waals surface area contributed by atoms with Crippen molar-refractivity contribution >= 4 is 11.7 Å². The van der Waals surface area contributed by atoms with Crippen LogP contribution >= 0.6 is 0 Å². The molecule has 0 spiro atoms. The molecular weight excluding hydrogens is 359 g/mol. The van der Waals surface area contributed by atoms with Crippen LogP contribution in [0.2, 0.25) is 0 Å². The smallest absolute Gasteiger partial charge is 0.230 e. The van der Waals surface area contributed by atoms with E-state index in [1.165, 1.54) is 12.4 Å². The summed E-state index contributed by atoms with van der Waals surface area (Å²) in [5.74, 6) is -3.43. The van der Waals surface area contributed by atoms with E-state index >= 15 is 0 Å². The van der Waals surface area contributed by atoms with E-state index in [1.807, 2.05) is 0 Å². The Morgan fingerprint density at radius 3 is 2.70 bits per heavy atom. The van der Waals surface area contributed by atoms with Gasteiger partial charge in [0.05, 0.1) is 19.2 Å². The molecule has 0 radical (unpaired) electrons. The quantitative estimate of drug-likeness (QED) is 0.692. The normalized spacial score (nSPS) is 10.5. The second-order valence-corrected chi connectivity index (χ2v) is 5.61. The van der Waals surface area contributed by atoms with E-state index in [9.17, 15) is 18.0 Å². The first kappa shape index (κ1) is 18.4. The predicted octanol–water partition coefficient (Wildman–Crippen LogP) is 3.75. The van der Waals surface area contributed by atoms with Crippen LogP contribution in [0.4, 0.5) is 19.0 Å². The van der Waals surface area contributed by atoms with E-state index in [1.54, 1.807) is 31.4 Å². The number of aromatic nitrogens is 2. The van der Waals surface area contributed by atoms with Gasteiger partial charge in [0.1, 0.15) is 23.7 Å². The number of hydrogen-bond donors (Lipinski definition) is 1. The lowest BCUT2D eigenvalue weighted by molar-refractivity contribution is -0.115. The Bertz CT molecular complexity index is 996. The van der Waals surface area contributed by atoms with Crippen LogP contribution in [0.15, 0.2) is 48.8 Å². The summed E-state index contributed by atoms with van der Waals surface area (Å²) in [5.41, 5.74) is 0.889. The molecule has 0 aliphatic heterocycles. The summed E-state index contributed by atoms with van der Waals surface area (Å²) >= 11 is 0. The van der Waals surface area contributed by atoms with Gasteiger partial charge >= 0.3 is 0 Å². The lowest BCUT2D eigenvalue weighted by Gasteiger charge is -2.08. The highest BCUT2D eigenvalue weighted by molar-refractivity contribution is 5.91. The minimum Gasteiger partial charge on any atom is -0.497 e. The summed E-state index contributed by atoms with van der Waals surface area (Å²) < 4.78 is 45.3. The molecule has 5 nitrogen and oxygen atoms in total. The van der Waals surface area contributed by atoms with Gasteiger partial charge in [0.25, 0.3) is 0 Å². The summed E-state index contributed by atoms with van der Waals surface area (Å²) in [5, 5.41) is 2.46.